The number of aromatic nitrogens is 1. The fourth-order valence-corrected chi connectivity index (χ4v) is 5.97. The number of ketones is 1. The molecule has 0 atom stereocenters. The molecule has 1 saturated carbocycles. The van der Waals surface area contributed by atoms with E-state index in [1.165, 1.54) is 39.0 Å². The van der Waals surface area contributed by atoms with Gasteiger partial charge in [0.25, 0.3) is 0 Å². The number of carbonyl (C=O) groups excluding carboxylic acids is 2. The van der Waals surface area contributed by atoms with Gasteiger partial charge in [-0.2, -0.15) is 0 Å². The van der Waals surface area contributed by atoms with Crippen LogP contribution in [0, 0.1) is 12.8 Å². The largest absolute Gasteiger partial charge is 0.341 e. The molecule has 0 radical (unpaired) electrons. The molecule has 5 rings (SSSR count). The molecule has 0 aliphatic heterocycles. The van der Waals surface area contributed by atoms with Gasteiger partial charge in [-0.05, 0) is 68.5 Å². The summed E-state index contributed by atoms with van der Waals surface area (Å²) in [7, 11) is 0. The Kier molecular flexibility index (Phi) is 7.73. The first-order chi connectivity index (χ1) is 18.5. The molecule has 3 aromatic carbocycles. The van der Waals surface area contributed by atoms with Gasteiger partial charge in [-0.25, -0.2) is 4.79 Å². The molecule has 1 fully saturated rings. The monoisotopic (exact) mass is 508 g/mol. The Bertz CT molecular complexity index is 1520. The molecule has 196 valence electrons. The first-order valence-corrected chi connectivity index (χ1v) is 13.9. The molecule has 4 aromatic rings. The maximum Gasteiger partial charge on any atom is 0.331 e. The second-order valence-corrected chi connectivity index (χ2v) is 10.5. The number of hydrogen-bond donors (Lipinski definition) is 0. The third kappa shape index (κ3) is 5.28. The summed E-state index contributed by atoms with van der Waals surface area (Å²) in [5, 5.41) is 6.39. The average molecular weight is 509 g/mol. The molecule has 5 nitrogen and oxygen atoms in total. The van der Waals surface area contributed by atoms with E-state index in [1.54, 1.807) is 0 Å². The van der Waals surface area contributed by atoms with Crippen LogP contribution in [0.15, 0.2) is 65.8 Å². The van der Waals surface area contributed by atoms with E-state index in [2.05, 4.69) is 40.9 Å². The van der Waals surface area contributed by atoms with E-state index in [0.29, 0.717) is 5.56 Å². The van der Waals surface area contributed by atoms with Crippen LogP contribution in [0.4, 0.5) is 0 Å². The summed E-state index contributed by atoms with van der Waals surface area (Å²) < 4.78 is 2.28. The standard InChI is InChI=1S/C33H36N2O3/c1-4-35-31-18-16-25(30(34-38-23(3)36)15-9-13-24-11-6-7-12-24)20-28(31)29-21-26(17-19-32(29)35)33(37)27-14-8-5-10-22(27)2/h5,8,10,14,16-21,24H,4,6-7,9,11-13,15H2,1-3H3/b34-30+. The number of benzene rings is 3. The third-order valence-electron chi connectivity index (χ3n) is 7.95. The Balaban J connectivity index is 1.54. The van der Waals surface area contributed by atoms with Gasteiger partial charge in [0.15, 0.2) is 5.78 Å². The second-order valence-electron chi connectivity index (χ2n) is 10.5. The quantitative estimate of drug-likeness (QED) is 0.0996. The zero-order valence-corrected chi connectivity index (χ0v) is 22.6. The number of oxime groups is 1. The molecule has 0 saturated heterocycles. The second kappa shape index (κ2) is 11.3. The molecule has 1 heterocycles. The maximum atomic E-state index is 13.4. The van der Waals surface area contributed by atoms with Crippen LogP contribution in [0.25, 0.3) is 21.8 Å². The van der Waals surface area contributed by atoms with Crippen molar-refractivity contribution in [3.63, 3.8) is 0 Å². The van der Waals surface area contributed by atoms with Crippen LogP contribution in [-0.2, 0) is 16.2 Å². The topological polar surface area (TPSA) is 60.7 Å². The first-order valence-electron chi connectivity index (χ1n) is 13.9. The number of carbonyl (C=O) groups is 2. The molecule has 0 amide bonds. The summed E-state index contributed by atoms with van der Waals surface area (Å²) in [5.41, 5.74) is 6.34. The van der Waals surface area contributed by atoms with Gasteiger partial charge in [-0.1, -0.05) is 67.6 Å². The summed E-state index contributed by atoms with van der Waals surface area (Å²) in [5.74, 6) is 0.420. The lowest BCUT2D eigenvalue weighted by atomic mass is 9.96. The predicted octanol–water partition coefficient (Wildman–Crippen LogP) is 7.98. The average Bonchev–Trinajstić information content (AvgIpc) is 3.55. The SMILES string of the molecule is CCn1c2ccc(C(=O)c3ccccc3C)cc2c2cc(/C(CCCC3CCCC3)=N/OC(C)=O)ccc21. The Morgan fingerprint density at radius 1 is 0.947 bits per heavy atom. The molecule has 1 aliphatic carbocycles. The van der Waals surface area contributed by atoms with Crippen molar-refractivity contribution in [3.05, 3.63) is 82.9 Å². The van der Waals surface area contributed by atoms with Crippen LogP contribution in [-0.4, -0.2) is 22.0 Å². The van der Waals surface area contributed by atoms with E-state index in [4.69, 9.17) is 4.84 Å². The van der Waals surface area contributed by atoms with Crippen molar-refractivity contribution in [2.45, 2.75) is 72.3 Å². The van der Waals surface area contributed by atoms with Gasteiger partial charge < -0.3 is 9.40 Å². The smallest absolute Gasteiger partial charge is 0.331 e. The Morgan fingerprint density at radius 2 is 1.61 bits per heavy atom. The van der Waals surface area contributed by atoms with Gasteiger partial charge >= 0.3 is 5.97 Å². The Labute approximate surface area is 224 Å². The molecule has 1 aromatic heterocycles. The Morgan fingerprint density at radius 3 is 2.26 bits per heavy atom. The number of rotatable bonds is 9. The van der Waals surface area contributed by atoms with Crippen molar-refractivity contribution in [1.29, 1.82) is 0 Å². The fourth-order valence-electron chi connectivity index (χ4n) is 5.97. The lowest BCUT2D eigenvalue weighted by molar-refractivity contribution is -0.140. The first kappa shape index (κ1) is 25.9. The molecular weight excluding hydrogens is 472 g/mol. The van der Waals surface area contributed by atoms with Crippen molar-refractivity contribution in [2.75, 3.05) is 0 Å². The van der Waals surface area contributed by atoms with Gasteiger partial charge in [0.2, 0.25) is 0 Å². The minimum atomic E-state index is -0.415. The number of hydrogen-bond acceptors (Lipinski definition) is 4. The van der Waals surface area contributed by atoms with Crippen molar-refractivity contribution in [3.8, 4) is 0 Å². The summed E-state index contributed by atoms with van der Waals surface area (Å²) >= 11 is 0. The molecule has 0 spiro atoms. The van der Waals surface area contributed by atoms with Crippen LogP contribution < -0.4 is 0 Å². The molecule has 5 heteroatoms. The molecule has 1 aliphatic rings. The van der Waals surface area contributed by atoms with Crippen molar-refractivity contribution in [1.82, 2.24) is 4.57 Å². The van der Waals surface area contributed by atoms with Crippen molar-refractivity contribution in [2.24, 2.45) is 11.1 Å². The minimum absolute atomic E-state index is 0.0302. The van der Waals surface area contributed by atoms with Gasteiger partial charge in [0.05, 0.1) is 5.71 Å². The minimum Gasteiger partial charge on any atom is -0.341 e. The highest BCUT2D eigenvalue weighted by Gasteiger charge is 2.18. The van der Waals surface area contributed by atoms with Crippen LogP contribution in [0.2, 0.25) is 0 Å². The van der Waals surface area contributed by atoms with E-state index in [1.807, 2.05) is 43.3 Å². The summed E-state index contributed by atoms with van der Waals surface area (Å²) in [6.07, 6.45) is 8.29. The highest BCUT2D eigenvalue weighted by atomic mass is 16.7. The lowest BCUT2D eigenvalue weighted by Crippen LogP contribution is -2.06. The van der Waals surface area contributed by atoms with E-state index in [-0.39, 0.29) is 5.78 Å². The molecule has 0 N–H and O–H groups in total. The fraction of sp³-hybridized carbons (Fsp3) is 0.364. The summed E-state index contributed by atoms with van der Waals surface area (Å²) in [6, 6.07) is 20.1. The molecular formula is C33H36N2O3. The van der Waals surface area contributed by atoms with Crippen molar-refractivity contribution < 1.29 is 14.4 Å². The van der Waals surface area contributed by atoms with Crippen molar-refractivity contribution >= 4 is 39.3 Å². The van der Waals surface area contributed by atoms with Gasteiger partial charge in [-0.15, -0.1) is 0 Å². The number of fused-ring (bicyclic) bond motifs is 3. The predicted molar refractivity (Wildman–Crippen MR) is 154 cm³/mol. The lowest BCUT2D eigenvalue weighted by Gasteiger charge is -2.10. The third-order valence-corrected chi connectivity index (χ3v) is 7.95. The van der Waals surface area contributed by atoms with E-state index in [9.17, 15) is 9.59 Å². The van der Waals surface area contributed by atoms with Gasteiger partial charge in [0, 0.05) is 52.0 Å². The number of nitrogens with zero attached hydrogens (tertiary/aromatic N) is 2. The van der Waals surface area contributed by atoms with Gasteiger partial charge in [0.1, 0.15) is 0 Å². The van der Waals surface area contributed by atoms with E-state index in [0.717, 1.165) is 69.5 Å². The molecule has 0 unspecified atom stereocenters. The zero-order valence-electron chi connectivity index (χ0n) is 22.6. The van der Waals surface area contributed by atoms with Crippen LogP contribution in [0.3, 0.4) is 0 Å². The summed E-state index contributed by atoms with van der Waals surface area (Å²) in [4.78, 5) is 30.1. The maximum absolute atomic E-state index is 13.4. The van der Waals surface area contributed by atoms with E-state index < -0.39 is 5.97 Å². The Hall–Kier alpha value is -3.73. The van der Waals surface area contributed by atoms with Crippen LogP contribution in [0.1, 0.15) is 85.8 Å². The number of aryl methyl sites for hydroxylation is 2. The zero-order chi connectivity index (χ0) is 26.6. The highest BCUT2D eigenvalue weighted by molar-refractivity contribution is 6.16. The van der Waals surface area contributed by atoms with Crippen LogP contribution >= 0.6 is 0 Å². The summed E-state index contributed by atoms with van der Waals surface area (Å²) in [6.45, 7) is 6.30. The van der Waals surface area contributed by atoms with Gasteiger partial charge in [-0.3, -0.25) is 4.79 Å². The normalized spacial score (nSPS) is 14.4. The molecule has 38 heavy (non-hydrogen) atoms. The van der Waals surface area contributed by atoms with E-state index >= 15 is 0 Å². The molecule has 0 bridgehead atoms. The highest BCUT2D eigenvalue weighted by Crippen LogP contribution is 2.33. The van der Waals surface area contributed by atoms with Crippen LogP contribution in [0.5, 0.6) is 0 Å².